The maximum Gasteiger partial charge on any atom is 0.267 e. The van der Waals surface area contributed by atoms with Crippen molar-refractivity contribution in [2.45, 2.75) is 11.8 Å². The molecule has 1 heterocycles. The lowest BCUT2D eigenvalue weighted by molar-refractivity contribution is 0.102. The monoisotopic (exact) mass is 373 g/mol. The predicted molar refractivity (Wildman–Crippen MR) is 103 cm³/mol. The molecule has 0 spiro atoms. The summed E-state index contributed by atoms with van der Waals surface area (Å²) in [5.74, 6) is -0.489. The molecule has 0 saturated carbocycles. The highest BCUT2D eigenvalue weighted by Crippen LogP contribution is 2.29. The van der Waals surface area contributed by atoms with Crippen molar-refractivity contribution < 1.29 is 9.18 Å². The van der Waals surface area contributed by atoms with Crippen LogP contribution in [0.5, 0.6) is 0 Å². The van der Waals surface area contributed by atoms with E-state index < -0.39 is 0 Å². The molecule has 7 heteroatoms. The number of hydrogen-bond donors (Lipinski definition) is 2. The predicted octanol–water partition coefficient (Wildman–Crippen LogP) is 5.31. The minimum atomic E-state index is -0.298. The molecule has 0 unspecified atom stereocenters. The quantitative estimate of drug-likeness (QED) is 0.595. The molecule has 1 amide bonds. The zero-order chi connectivity index (χ0) is 17.8. The zero-order valence-corrected chi connectivity index (χ0v) is 15.3. The number of carbonyl (C=O) groups excluding carboxylic acids is 1. The topological polar surface area (TPSA) is 54.0 Å². The van der Waals surface area contributed by atoms with Crippen LogP contribution in [-0.2, 0) is 0 Å². The second kappa shape index (κ2) is 7.67. The molecular weight excluding hydrogens is 357 g/mol. The summed E-state index contributed by atoms with van der Waals surface area (Å²) in [5.41, 5.74) is 2.14. The number of nitrogens with zero attached hydrogens (tertiary/aromatic N) is 1. The van der Waals surface area contributed by atoms with Gasteiger partial charge in [0.2, 0.25) is 0 Å². The molecule has 0 atom stereocenters. The number of para-hydroxylation sites is 1. The van der Waals surface area contributed by atoms with E-state index in [1.165, 1.54) is 23.5 Å². The van der Waals surface area contributed by atoms with Gasteiger partial charge < -0.3 is 10.6 Å². The second-order valence-electron chi connectivity index (χ2n) is 5.22. The number of thiazole rings is 1. The average Bonchev–Trinajstić information content (AvgIpc) is 2.98. The first-order valence-corrected chi connectivity index (χ1v) is 9.55. The van der Waals surface area contributed by atoms with Gasteiger partial charge in [-0.15, -0.1) is 11.8 Å². The Kier molecular flexibility index (Phi) is 5.35. The van der Waals surface area contributed by atoms with E-state index in [0.717, 1.165) is 16.3 Å². The molecule has 0 bridgehead atoms. The molecule has 128 valence electrons. The van der Waals surface area contributed by atoms with E-state index >= 15 is 0 Å². The van der Waals surface area contributed by atoms with Gasteiger partial charge in [0, 0.05) is 10.6 Å². The first-order chi connectivity index (χ1) is 12.1. The smallest absolute Gasteiger partial charge is 0.267 e. The number of benzene rings is 2. The fourth-order valence-electron chi connectivity index (χ4n) is 2.24. The molecule has 2 aromatic carbocycles. The molecule has 3 rings (SSSR count). The van der Waals surface area contributed by atoms with Gasteiger partial charge in [0.1, 0.15) is 10.7 Å². The van der Waals surface area contributed by atoms with Crippen LogP contribution in [0.4, 0.5) is 20.9 Å². The highest BCUT2D eigenvalue weighted by atomic mass is 32.2. The maximum absolute atomic E-state index is 13.0. The third kappa shape index (κ3) is 4.18. The minimum Gasteiger partial charge on any atom is -0.332 e. The number of carbonyl (C=O) groups is 1. The van der Waals surface area contributed by atoms with Crippen LogP contribution in [0.25, 0.3) is 0 Å². The number of aryl methyl sites for hydroxylation is 1. The van der Waals surface area contributed by atoms with Gasteiger partial charge in [-0.05, 0) is 49.6 Å². The maximum atomic E-state index is 13.0. The highest BCUT2D eigenvalue weighted by Gasteiger charge is 2.16. The first-order valence-electron chi connectivity index (χ1n) is 7.51. The van der Waals surface area contributed by atoms with Crippen LogP contribution in [0.15, 0.2) is 53.4 Å². The van der Waals surface area contributed by atoms with Crippen LogP contribution in [0, 0.1) is 12.7 Å². The van der Waals surface area contributed by atoms with Crippen molar-refractivity contribution in [3.63, 3.8) is 0 Å². The summed E-state index contributed by atoms with van der Waals surface area (Å²) < 4.78 is 13.0. The zero-order valence-electron chi connectivity index (χ0n) is 13.7. The third-order valence-corrected chi connectivity index (χ3v) is 5.32. The number of rotatable bonds is 5. The van der Waals surface area contributed by atoms with Crippen LogP contribution < -0.4 is 10.6 Å². The van der Waals surface area contributed by atoms with Crippen molar-refractivity contribution in [2.75, 3.05) is 16.9 Å². The van der Waals surface area contributed by atoms with Crippen LogP contribution in [0.2, 0.25) is 0 Å². The number of anilines is 3. The van der Waals surface area contributed by atoms with Gasteiger partial charge in [-0.25, -0.2) is 9.37 Å². The molecule has 4 nitrogen and oxygen atoms in total. The molecular formula is C18H16FN3OS2. The molecule has 0 aliphatic carbocycles. The lowest BCUT2D eigenvalue weighted by atomic mass is 10.3. The van der Waals surface area contributed by atoms with Crippen molar-refractivity contribution in [3.05, 3.63) is 64.9 Å². The Morgan fingerprint density at radius 3 is 2.60 bits per heavy atom. The van der Waals surface area contributed by atoms with Crippen molar-refractivity contribution in [3.8, 4) is 0 Å². The molecule has 0 fully saturated rings. The van der Waals surface area contributed by atoms with Crippen LogP contribution in [0.1, 0.15) is 15.4 Å². The van der Waals surface area contributed by atoms with E-state index in [2.05, 4.69) is 15.6 Å². The number of nitrogens with one attached hydrogen (secondary N) is 2. The molecule has 0 radical (unpaired) electrons. The minimum absolute atomic E-state index is 0.191. The molecule has 0 aliphatic rings. The van der Waals surface area contributed by atoms with Gasteiger partial charge in [0.15, 0.2) is 5.13 Å². The van der Waals surface area contributed by atoms with Gasteiger partial charge in [-0.3, -0.25) is 4.79 Å². The lowest BCUT2D eigenvalue weighted by Gasteiger charge is -2.08. The van der Waals surface area contributed by atoms with Gasteiger partial charge >= 0.3 is 0 Å². The molecule has 0 aliphatic heterocycles. The first kappa shape index (κ1) is 17.4. The third-order valence-electron chi connectivity index (χ3n) is 3.45. The van der Waals surface area contributed by atoms with E-state index in [0.29, 0.717) is 15.7 Å². The molecule has 1 aromatic heterocycles. The summed E-state index contributed by atoms with van der Waals surface area (Å²) in [4.78, 5) is 18.5. The van der Waals surface area contributed by atoms with Gasteiger partial charge in [0.25, 0.3) is 5.91 Å². The Labute approximate surface area is 153 Å². The summed E-state index contributed by atoms with van der Waals surface area (Å²) in [5, 5.41) is 6.62. The Morgan fingerprint density at radius 1 is 1.16 bits per heavy atom. The van der Waals surface area contributed by atoms with Crippen molar-refractivity contribution >= 4 is 45.5 Å². The molecule has 0 saturated heterocycles. The fourth-order valence-corrected chi connectivity index (χ4v) is 3.68. The summed E-state index contributed by atoms with van der Waals surface area (Å²) in [7, 11) is 0. The number of halogens is 1. The van der Waals surface area contributed by atoms with E-state index in [1.54, 1.807) is 30.8 Å². The fraction of sp³-hybridized carbons (Fsp3) is 0.111. The SMILES string of the molecule is CSc1ccccc1NC(=O)c1sc(Nc2ccc(F)cc2)nc1C. The van der Waals surface area contributed by atoms with Crippen molar-refractivity contribution in [1.82, 2.24) is 4.98 Å². The second-order valence-corrected chi connectivity index (χ2v) is 7.07. The average molecular weight is 373 g/mol. The molecule has 2 N–H and O–H groups in total. The van der Waals surface area contributed by atoms with Gasteiger partial charge in [-0.1, -0.05) is 23.5 Å². The Morgan fingerprint density at radius 2 is 1.88 bits per heavy atom. The van der Waals surface area contributed by atoms with Crippen LogP contribution >= 0.6 is 23.1 Å². The standard InChI is InChI=1S/C18H16FN3OS2/c1-11-16(17(23)22-14-5-3-4-6-15(14)24-2)25-18(20-11)21-13-9-7-12(19)8-10-13/h3-10H,1-2H3,(H,20,21)(H,22,23). The molecule has 25 heavy (non-hydrogen) atoms. The summed E-state index contributed by atoms with van der Waals surface area (Å²) in [6.07, 6.45) is 1.97. The normalized spacial score (nSPS) is 10.5. The molecule has 3 aromatic rings. The Balaban J connectivity index is 1.77. The summed E-state index contributed by atoms with van der Waals surface area (Å²) in [6.45, 7) is 1.79. The largest absolute Gasteiger partial charge is 0.332 e. The van der Waals surface area contributed by atoms with Crippen molar-refractivity contribution in [1.29, 1.82) is 0 Å². The Hall–Kier alpha value is -2.38. The van der Waals surface area contributed by atoms with E-state index in [4.69, 9.17) is 0 Å². The number of thioether (sulfide) groups is 1. The number of amides is 1. The van der Waals surface area contributed by atoms with E-state index in [9.17, 15) is 9.18 Å². The van der Waals surface area contributed by atoms with Crippen LogP contribution in [0.3, 0.4) is 0 Å². The van der Waals surface area contributed by atoms with E-state index in [-0.39, 0.29) is 11.7 Å². The van der Waals surface area contributed by atoms with Crippen LogP contribution in [-0.4, -0.2) is 17.1 Å². The summed E-state index contributed by atoms with van der Waals surface area (Å²) >= 11 is 2.84. The highest BCUT2D eigenvalue weighted by molar-refractivity contribution is 7.98. The van der Waals surface area contributed by atoms with Crippen molar-refractivity contribution in [2.24, 2.45) is 0 Å². The Bertz CT molecular complexity index is 894. The van der Waals surface area contributed by atoms with Gasteiger partial charge in [0.05, 0.1) is 11.4 Å². The number of hydrogen-bond acceptors (Lipinski definition) is 5. The van der Waals surface area contributed by atoms with Gasteiger partial charge in [-0.2, -0.15) is 0 Å². The number of aromatic nitrogens is 1. The summed E-state index contributed by atoms with van der Waals surface area (Å²) in [6, 6.07) is 13.6. The lowest BCUT2D eigenvalue weighted by Crippen LogP contribution is -2.12. The van der Waals surface area contributed by atoms with E-state index in [1.807, 2.05) is 30.5 Å².